The molecule has 21 heavy (non-hydrogen) atoms. The van der Waals surface area contributed by atoms with Gasteiger partial charge in [0.15, 0.2) is 0 Å². The van der Waals surface area contributed by atoms with Gasteiger partial charge in [-0.15, -0.1) is 11.3 Å². The van der Waals surface area contributed by atoms with Crippen molar-refractivity contribution in [3.8, 4) is 0 Å². The van der Waals surface area contributed by atoms with E-state index in [2.05, 4.69) is 10.3 Å². The molecule has 0 radical (unpaired) electrons. The third kappa shape index (κ3) is 3.96. The first-order valence-corrected chi connectivity index (χ1v) is 8.93. The number of ether oxygens (including phenoxy) is 2. The number of aromatic nitrogens is 1. The summed E-state index contributed by atoms with van der Waals surface area (Å²) in [5.74, 6) is 0. The summed E-state index contributed by atoms with van der Waals surface area (Å²) in [6, 6.07) is 0.549. The van der Waals surface area contributed by atoms with Crippen molar-refractivity contribution in [1.29, 1.82) is 0 Å². The molecule has 0 saturated carbocycles. The Morgan fingerprint density at radius 3 is 2.90 bits per heavy atom. The number of hydrogen-bond acceptors (Lipinski definition) is 5. The summed E-state index contributed by atoms with van der Waals surface area (Å²) in [6.45, 7) is 5.46. The van der Waals surface area contributed by atoms with Crippen LogP contribution in [0.4, 0.5) is 0 Å². The van der Waals surface area contributed by atoms with Crippen molar-refractivity contribution in [2.75, 3.05) is 26.4 Å². The molecule has 3 heterocycles. The van der Waals surface area contributed by atoms with Crippen LogP contribution in [0.1, 0.15) is 36.4 Å². The minimum absolute atomic E-state index is 0.0647. The summed E-state index contributed by atoms with van der Waals surface area (Å²) in [5.41, 5.74) is 1.01. The Bertz CT molecular complexity index is 449. The summed E-state index contributed by atoms with van der Waals surface area (Å²) >= 11 is 7.66. The number of rotatable bonds is 4. The third-order valence-corrected chi connectivity index (χ3v) is 5.96. The number of thiazole rings is 1. The molecule has 2 aliphatic rings. The molecule has 1 atom stereocenters. The molecule has 1 N–H and O–H groups in total. The van der Waals surface area contributed by atoms with Crippen LogP contribution in [0.2, 0.25) is 4.34 Å². The molecule has 3 rings (SSSR count). The topological polar surface area (TPSA) is 43.4 Å². The van der Waals surface area contributed by atoms with E-state index in [0.29, 0.717) is 6.04 Å². The Morgan fingerprint density at radius 1 is 1.38 bits per heavy atom. The van der Waals surface area contributed by atoms with Gasteiger partial charge in [0.05, 0.1) is 16.3 Å². The SMILES string of the molecule is Cc1nc(CCN[C@H]2CCOC3(CCOCC3)C2)sc1Cl. The molecule has 2 aliphatic heterocycles. The van der Waals surface area contributed by atoms with Crippen molar-refractivity contribution in [1.82, 2.24) is 10.3 Å². The van der Waals surface area contributed by atoms with Gasteiger partial charge in [0.1, 0.15) is 4.34 Å². The summed E-state index contributed by atoms with van der Waals surface area (Å²) in [7, 11) is 0. The second-order valence-electron chi connectivity index (χ2n) is 6.00. The average molecular weight is 331 g/mol. The zero-order chi connectivity index (χ0) is 14.7. The highest BCUT2D eigenvalue weighted by Gasteiger charge is 2.38. The molecular formula is C15H23ClN2O2S. The monoisotopic (exact) mass is 330 g/mol. The van der Waals surface area contributed by atoms with Crippen LogP contribution in [0.5, 0.6) is 0 Å². The predicted octanol–water partition coefficient (Wildman–Crippen LogP) is 2.97. The minimum atomic E-state index is 0.0647. The lowest BCUT2D eigenvalue weighted by atomic mass is 9.84. The van der Waals surface area contributed by atoms with Gasteiger partial charge < -0.3 is 14.8 Å². The molecule has 1 aromatic rings. The zero-order valence-corrected chi connectivity index (χ0v) is 14.1. The Morgan fingerprint density at radius 2 is 2.19 bits per heavy atom. The van der Waals surface area contributed by atoms with E-state index < -0.39 is 0 Å². The largest absolute Gasteiger partial charge is 0.381 e. The van der Waals surface area contributed by atoms with E-state index in [1.165, 1.54) is 0 Å². The standard InChI is InChI=1S/C15H23ClN2O2S/c1-11-14(16)21-13(18-11)2-6-17-12-3-7-20-15(10-12)4-8-19-9-5-15/h12,17H,2-10H2,1H3/t12-/m0/s1. The van der Waals surface area contributed by atoms with E-state index in [1.807, 2.05) is 6.92 Å². The highest BCUT2D eigenvalue weighted by molar-refractivity contribution is 7.16. The average Bonchev–Trinajstić information content (AvgIpc) is 2.79. The van der Waals surface area contributed by atoms with Gasteiger partial charge in [-0.25, -0.2) is 4.98 Å². The van der Waals surface area contributed by atoms with Crippen LogP contribution in [0.3, 0.4) is 0 Å². The molecule has 118 valence electrons. The van der Waals surface area contributed by atoms with Crippen molar-refractivity contribution in [3.63, 3.8) is 0 Å². The summed E-state index contributed by atoms with van der Waals surface area (Å²) < 4.78 is 12.4. The Hall–Kier alpha value is -0.200. The molecular weight excluding hydrogens is 308 g/mol. The molecule has 2 fully saturated rings. The van der Waals surface area contributed by atoms with Crippen LogP contribution in [0.25, 0.3) is 0 Å². The van der Waals surface area contributed by atoms with Crippen molar-refractivity contribution in [2.45, 2.75) is 50.7 Å². The lowest BCUT2D eigenvalue weighted by Gasteiger charge is -2.43. The van der Waals surface area contributed by atoms with Crippen LogP contribution in [-0.4, -0.2) is 43.0 Å². The van der Waals surface area contributed by atoms with E-state index in [1.54, 1.807) is 11.3 Å². The number of nitrogens with one attached hydrogen (secondary N) is 1. The van der Waals surface area contributed by atoms with E-state index in [9.17, 15) is 0 Å². The summed E-state index contributed by atoms with van der Waals surface area (Å²) in [4.78, 5) is 4.48. The van der Waals surface area contributed by atoms with Gasteiger partial charge >= 0.3 is 0 Å². The van der Waals surface area contributed by atoms with Gasteiger partial charge in [0.2, 0.25) is 0 Å². The molecule has 0 unspecified atom stereocenters. The van der Waals surface area contributed by atoms with E-state index in [0.717, 1.165) is 73.5 Å². The van der Waals surface area contributed by atoms with Crippen LogP contribution >= 0.6 is 22.9 Å². The van der Waals surface area contributed by atoms with Gasteiger partial charge in [-0.2, -0.15) is 0 Å². The fraction of sp³-hybridized carbons (Fsp3) is 0.800. The van der Waals surface area contributed by atoms with E-state index in [4.69, 9.17) is 21.1 Å². The number of nitrogens with zero attached hydrogens (tertiary/aromatic N) is 1. The Kier molecular flexibility index (Phi) is 5.17. The van der Waals surface area contributed by atoms with Gasteiger partial charge in [0.25, 0.3) is 0 Å². The van der Waals surface area contributed by atoms with Crippen molar-refractivity contribution in [2.24, 2.45) is 0 Å². The van der Waals surface area contributed by atoms with E-state index in [-0.39, 0.29) is 5.60 Å². The highest BCUT2D eigenvalue weighted by atomic mass is 35.5. The van der Waals surface area contributed by atoms with Gasteiger partial charge in [-0.1, -0.05) is 11.6 Å². The molecule has 0 aliphatic carbocycles. The Labute approximate surface area is 135 Å². The number of halogens is 1. The quantitative estimate of drug-likeness (QED) is 0.921. The molecule has 0 bridgehead atoms. The lowest BCUT2D eigenvalue weighted by Crippen LogP contribution is -2.50. The minimum Gasteiger partial charge on any atom is -0.381 e. The highest BCUT2D eigenvalue weighted by Crippen LogP contribution is 2.34. The first kappa shape index (κ1) is 15.7. The molecule has 0 aromatic carbocycles. The first-order chi connectivity index (χ1) is 10.2. The van der Waals surface area contributed by atoms with Crippen LogP contribution < -0.4 is 5.32 Å². The maximum Gasteiger partial charge on any atom is 0.116 e. The first-order valence-electron chi connectivity index (χ1n) is 7.74. The van der Waals surface area contributed by atoms with Gasteiger partial charge in [0, 0.05) is 38.8 Å². The van der Waals surface area contributed by atoms with Crippen LogP contribution in [0, 0.1) is 6.92 Å². The predicted molar refractivity (Wildman–Crippen MR) is 85.3 cm³/mol. The smallest absolute Gasteiger partial charge is 0.116 e. The maximum atomic E-state index is 6.07. The maximum absolute atomic E-state index is 6.07. The van der Waals surface area contributed by atoms with Crippen molar-refractivity contribution in [3.05, 3.63) is 15.0 Å². The van der Waals surface area contributed by atoms with Crippen LogP contribution in [0.15, 0.2) is 0 Å². The molecule has 4 nitrogen and oxygen atoms in total. The second-order valence-corrected chi connectivity index (χ2v) is 7.69. The second kappa shape index (κ2) is 6.92. The summed E-state index contributed by atoms with van der Waals surface area (Å²) in [6.07, 6.45) is 5.22. The fourth-order valence-electron chi connectivity index (χ4n) is 3.22. The van der Waals surface area contributed by atoms with Crippen molar-refractivity contribution >= 4 is 22.9 Å². The molecule has 2 saturated heterocycles. The molecule has 1 spiro atoms. The van der Waals surface area contributed by atoms with Gasteiger partial charge in [-0.3, -0.25) is 0 Å². The normalized spacial score (nSPS) is 25.3. The third-order valence-electron chi connectivity index (χ3n) is 4.45. The molecule has 1 aromatic heterocycles. The molecule has 0 amide bonds. The Balaban J connectivity index is 1.46. The number of aryl methyl sites for hydroxylation is 1. The number of hydrogen-bond donors (Lipinski definition) is 1. The fourth-order valence-corrected chi connectivity index (χ4v) is 4.31. The zero-order valence-electron chi connectivity index (χ0n) is 12.5. The molecule has 6 heteroatoms. The van der Waals surface area contributed by atoms with Crippen molar-refractivity contribution < 1.29 is 9.47 Å². The summed E-state index contributed by atoms with van der Waals surface area (Å²) in [5, 5.41) is 4.80. The van der Waals surface area contributed by atoms with Crippen LogP contribution in [-0.2, 0) is 15.9 Å². The lowest BCUT2D eigenvalue weighted by molar-refractivity contribution is -0.140. The van der Waals surface area contributed by atoms with E-state index >= 15 is 0 Å². The van der Waals surface area contributed by atoms with Gasteiger partial charge in [-0.05, 0) is 32.6 Å².